The molecule has 0 radical (unpaired) electrons. The second kappa shape index (κ2) is 3.46. The van der Waals surface area contributed by atoms with Gasteiger partial charge in [0.1, 0.15) is 0 Å². The van der Waals surface area contributed by atoms with Crippen LogP contribution in [0.15, 0.2) is 54.6 Å². The van der Waals surface area contributed by atoms with Crippen molar-refractivity contribution < 1.29 is 0 Å². The molecule has 0 bridgehead atoms. The summed E-state index contributed by atoms with van der Waals surface area (Å²) in [6.07, 6.45) is 3.41. The molecule has 86 valence electrons. The summed E-state index contributed by atoms with van der Waals surface area (Å²) in [5.41, 5.74) is 4.34. The molecule has 3 aromatic carbocycles. The van der Waals surface area contributed by atoms with E-state index < -0.39 is 0 Å². The maximum absolute atomic E-state index is 2.33. The van der Waals surface area contributed by atoms with Gasteiger partial charge in [-0.05, 0) is 51.6 Å². The van der Waals surface area contributed by atoms with Gasteiger partial charge < -0.3 is 0 Å². The monoisotopic (exact) mass is 230 g/mol. The highest BCUT2D eigenvalue weighted by Crippen LogP contribution is 2.35. The Bertz CT molecular complexity index is 807. The largest absolute Gasteiger partial charge is 0.0765 e. The van der Waals surface area contributed by atoms with E-state index in [2.05, 4.69) is 61.5 Å². The third kappa shape index (κ3) is 1.20. The molecule has 0 atom stereocenters. The van der Waals surface area contributed by atoms with E-state index in [9.17, 15) is 0 Å². The normalized spacial score (nSPS) is 13.9. The molecule has 0 saturated heterocycles. The molecule has 0 unspecified atom stereocenters. The maximum atomic E-state index is 2.33. The minimum Gasteiger partial charge on any atom is -0.0765 e. The standard InChI is InChI=1S/C18H14/c1-12-6-8-16-14(12)10-11-17-15-5-3-2-4-13(15)7-9-18(16)17/h2-7,9-11H,8H2,1H3. The summed E-state index contributed by atoms with van der Waals surface area (Å²) < 4.78 is 0. The third-order valence-corrected chi connectivity index (χ3v) is 4.07. The van der Waals surface area contributed by atoms with Crippen molar-refractivity contribution in [3.05, 3.63) is 65.7 Å². The van der Waals surface area contributed by atoms with Crippen LogP contribution in [0.3, 0.4) is 0 Å². The van der Waals surface area contributed by atoms with Crippen molar-refractivity contribution in [1.29, 1.82) is 0 Å². The van der Waals surface area contributed by atoms with Crippen molar-refractivity contribution in [2.75, 3.05) is 0 Å². The second-order valence-corrected chi connectivity index (χ2v) is 5.06. The van der Waals surface area contributed by atoms with Gasteiger partial charge in [-0.25, -0.2) is 0 Å². The molecule has 0 aliphatic heterocycles. The van der Waals surface area contributed by atoms with E-state index in [-0.39, 0.29) is 0 Å². The van der Waals surface area contributed by atoms with Crippen LogP contribution in [0.1, 0.15) is 18.1 Å². The topological polar surface area (TPSA) is 0 Å². The van der Waals surface area contributed by atoms with Crippen LogP contribution in [0.2, 0.25) is 0 Å². The van der Waals surface area contributed by atoms with Crippen molar-refractivity contribution in [3.63, 3.8) is 0 Å². The van der Waals surface area contributed by atoms with Crippen molar-refractivity contribution >= 4 is 27.1 Å². The highest BCUT2D eigenvalue weighted by molar-refractivity contribution is 6.09. The molecule has 1 aliphatic rings. The van der Waals surface area contributed by atoms with Crippen molar-refractivity contribution in [2.45, 2.75) is 13.3 Å². The minimum atomic E-state index is 1.08. The Kier molecular flexibility index (Phi) is 1.90. The number of rotatable bonds is 0. The number of benzene rings is 3. The van der Waals surface area contributed by atoms with Crippen LogP contribution >= 0.6 is 0 Å². The molecule has 3 aromatic rings. The first-order chi connectivity index (χ1) is 8.84. The first-order valence-corrected chi connectivity index (χ1v) is 6.45. The number of allylic oxidation sites excluding steroid dienone is 2. The van der Waals surface area contributed by atoms with E-state index in [0.717, 1.165) is 6.42 Å². The molecule has 0 nitrogen and oxygen atoms in total. The summed E-state index contributed by atoms with van der Waals surface area (Å²) in [6.45, 7) is 2.21. The van der Waals surface area contributed by atoms with Crippen LogP contribution in [-0.2, 0) is 6.42 Å². The molecule has 4 rings (SSSR count). The summed E-state index contributed by atoms with van der Waals surface area (Å²) in [6, 6.07) is 17.7. The molecule has 1 aliphatic carbocycles. The quantitative estimate of drug-likeness (QED) is 0.479. The van der Waals surface area contributed by atoms with E-state index >= 15 is 0 Å². The highest BCUT2D eigenvalue weighted by Gasteiger charge is 2.14. The van der Waals surface area contributed by atoms with Crippen LogP contribution in [-0.4, -0.2) is 0 Å². The van der Waals surface area contributed by atoms with Crippen molar-refractivity contribution in [1.82, 2.24) is 0 Å². The second-order valence-electron chi connectivity index (χ2n) is 5.06. The summed E-state index contributed by atoms with van der Waals surface area (Å²) in [5.74, 6) is 0. The van der Waals surface area contributed by atoms with Gasteiger partial charge in [-0.2, -0.15) is 0 Å². The van der Waals surface area contributed by atoms with E-state index in [1.165, 1.54) is 38.2 Å². The Balaban J connectivity index is 2.18. The highest BCUT2D eigenvalue weighted by atomic mass is 14.2. The van der Waals surface area contributed by atoms with Gasteiger partial charge in [-0.1, -0.05) is 54.6 Å². The lowest BCUT2D eigenvalue weighted by molar-refractivity contribution is 1.35. The van der Waals surface area contributed by atoms with Crippen LogP contribution < -0.4 is 0 Å². The fraction of sp³-hybridized carbons (Fsp3) is 0.111. The zero-order chi connectivity index (χ0) is 12.1. The van der Waals surface area contributed by atoms with Gasteiger partial charge in [-0.3, -0.25) is 0 Å². The molecule has 0 N–H and O–H groups in total. The lowest BCUT2D eigenvalue weighted by Crippen LogP contribution is -1.87. The van der Waals surface area contributed by atoms with Crippen LogP contribution in [0, 0.1) is 0 Å². The Morgan fingerprint density at radius 1 is 0.778 bits per heavy atom. The molecule has 0 heteroatoms. The molecule has 0 saturated carbocycles. The lowest BCUT2D eigenvalue weighted by atomic mass is 9.95. The van der Waals surface area contributed by atoms with E-state index in [4.69, 9.17) is 0 Å². The number of fused-ring (bicyclic) bond motifs is 5. The van der Waals surface area contributed by atoms with Crippen molar-refractivity contribution in [2.24, 2.45) is 0 Å². The summed E-state index contributed by atoms with van der Waals surface area (Å²) in [4.78, 5) is 0. The van der Waals surface area contributed by atoms with Gasteiger partial charge in [0.2, 0.25) is 0 Å². The predicted molar refractivity (Wildman–Crippen MR) is 78.8 cm³/mol. The van der Waals surface area contributed by atoms with Gasteiger partial charge in [0.25, 0.3) is 0 Å². The van der Waals surface area contributed by atoms with Gasteiger partial charge in [0.15, 0.2) is 0 Å². The molecule has 0 aromatic heterocycles. The number of hydrogen-bond acceptors (Lipinski definition) is 0. The minimum absolute atomic E-state index is 1.08. The summed E-state index contributed by atoms with van der Waals surface area (Å²) in [5, 5.41) is 5.49. The average Bonchev–Trinajstić information content (AvgIpc) is 2.80. The first-order valence-electron chi connectivity index (χ1n) is 6.45. The van der Waals surface area contributed by atoms with Crippen LogP contribution in [0.4, 0.5) is 0 Å². The Morgan fingerprint density at radius 3 is 2.56 bits per heavy atom. The van der Waals surface area contributed by atoms with E-state index in [1.54, 1.807) is 0 Å². The summed E-state index contributed by atoms with van der Waals surface area (Å²) >= 11 is 0. The van der Waals surface area contributed by atoms with Crippen LogP contribution in [0.5, 0.6) is 0 Å². The lowest BCUT2D eigenvalue weighted by Gasteiger charge is -2.09. The molecule has 0 heterocycles. The SMILES string of the molecule is CC1=CCc2c1ccc1c2ccc2ccccc21. The molecular weight excluding hydrogens is 216 g/mol. The summed E-state index contributed by atoms with van der Waals surface area (Å²) in [7, 11) is 0. The molecular formula is C18H14. The van der Waals surface area contributed by atoms with Crippen LogP contribution in [0.25, 0.3) is 27.1 Å². The maximum Gasteiger partial charge on any atom is -0.00793 e. The number of hydrogen-bond donors (Lipinski definition) is 0. The van der Waals surface area contributed by atoms with E-state index in [0.29, 0.717) is 0 Å². The van der Waals surface area contributed by atoms with Gasteiger partial charge in [-0.15, -0.1) is 0 Å². The van der Waals surface area contributed by atoms with Gasteiger partial charge >= 0.3 is 0 Å². The Morgan fingerprint density at radius 2 is 1.61 bits per heavy atom. The molecule has 0 fully saturated rings. The third-order valence-electron chi connectivity index (χ3n) is 4.07. The zero-order valence-electron chi connectivity index (χ0n) is 10.4. The predicted octanol–water partition coefficient (Wildman–Crippen LogP) is 4.95. The molecule has 0 spiro atoms. The van der Waals surface area contributed by atoms with Gasteiger partial charge in [0, 0.05) is 0 Å². The fourth-order valence-corrected chi connectivity index (χ4v) is 3.11. The Labute approximate surface area is 107 Å². The Hall–Kier alpha value is -2.08. The zero-order valence-corrected chi connectivity index (χ0v) is 10.4. The first kappa shape index (κ1) is 9.90. The molecule has 18 heavy (non-hydrogen) atoms. The van der Waals surface area contributed by atoms with E-state index in [1.807, 2.05) is 0 Å². The average molecular weight is 230 g/mol. The fourth-order valence-electron chi connectivity index (χ4n) is 3.11. The molecule has 0 amide bonds. The van der Waals surface area contributed by atoms with Crippen molar-refractivity contribution in [3.8, 4) is 0 Å². The van der Waals surface area contributed by atoms with Gasteiger partial charge in [0.05, 0.1) is 0 Å². The smallest absolute Gasteiger partial charge is 0.00793 e.